The molecule has 1 aromatic rings. The zero-order valence-corrected chi connectivity index (χ0v) is 13.5. The molecule has 0 bridgehead atoms. The number of carbonyl (C=O) groups is 1. The zero-order chi connectivity index (χ0) is 15.9. The Morgan fingerprint density at radius 2 is 2.00 bits per heavy atom. The van der Waals surface area contributed by atoms with E-state index in [0.29, 0.717) is 36.2 Å². The summed E-state index contributed by atoms with van der Waals surface area (Å²) in [7, 11) is 0. The van der Waals surface area contributed by atoms with Gasteiger partial charge in [-0.25, -0.2) is 0 Å². The number of nitrogens with one attached hydrogen (secondary N) is 1. The monoisotopic (exact) mass is 314 g/mol. The maximum absolute atomic E-state index is 11.7. The van der Waals surface area contributed by atoms with Crippen molar-refractivity contribution in [1.29, 1.82) is 0 Å². The minimum atomic E-state index is -0.176. The van der Waals surface area contributed by atoms with Crippen molar-refractivity contribution in [1.82, 2.24) is 0 Å². The molecular formula is C15H23ClN2O3. The van der Waals surface area contributed by atoms with Gasteiger partial charge in [0.05, 0.1) is 43.2 Å². The lowest BCUT2D eigenvalue weighted by atomic mass is 10.2. The van der Waals surface area contributed by atoms with Crippen LogP contribution in [0, 0.1) is 0 Å². The molecule has 0 spiro atoms. The highest BCUT2D eigenvalue weighted by Crippen LogP contribution is 2.22. The third-order valence-electron chi connectivity index (χ3n) is 2.53. The summed E-state index contributed by atoms with van der Waals surface area (Å²) >= 11 is 5.85. The smallest absolute Gasteiger partial charge is 0.226 e. The molecule has 1 amide bonds. The number of hydrogen-bond donors (Lipinski definition) is 2. The van der Waals surface area contributed by atoms with Gasteiger partial charge in [-0.15, -0.1) is 0 Å². The van der Waals surface area contributed by atoms with Gasteiger partial charge in [-0.3, -0.25) is 4.79 Å². The Morgan fingerprint density at radius 3 is 2.67 bits per heavy atom. The summed E-state index contributed by atoms with van der Waals surface area (Å²) in [5.41, 5.74) is 6.57. The molecule has 0 fully saturated rings. The summed E-state index contributed by atoms with van der Waals surface area (Å²) in [4.78, 5) is 11.7. The first kappa shape index (κ1) is 17.8. The van der Waals surface area contributed by atoms with E-state index in [1.165, 1.54) is 0 Å². The van der Waals surface area contributed by atoms with Gasteiger partial charge in [0.15, 0.2) is 0 Å². The second kappa shape index (κ2) is 8.22. The van der Waals surface area contributed by atoms with Crippen LogP contribution in [-0.4, -0.2) is 31.3 Å². The van der Waals surface area contributed by atoms with Crippen molar-refractivity contribution in [2.24, 2.45) is 0 Å². The van der Waals surface area contributed by atoms with Crippen molar-refractivity contribution in [3.05, 3.63) is 23.2 Å². The van der Waals surface area contributed by atoms with Gasteiger partial charge in [0, 0.05) is 5.02 Å². The molecule has 0 radical (unpaired) electrons. The van der Waals surface area contributed by atoms with Crippen LogP contribution in [0.1, 0.15) is 27.2 Å². The predicted octanol–water partition coefficient (Wildman–Crippen LogP) is 3.08. The zero-order valence-electron chi connectivity index (χ0n) is 12.7. The molecule has 0 saturated carbocycles. The molecule has 6 heteroatoms. The maximum atomic E-state index is 11.7. The minimum absolute atomic E-state index is 0.166. The minimum Gasteiger partial charge on any atom is -0.397 e. The van der Waals surface area contributed by atoms with Crippen LogP contribution in [0.25, 0.3) is 0 Å². The maximum Gasteiger partial charge on any atom is 0.226 e. The van der Waals surface area contributed by atoms with Crippen molar-refractivity contribution < 1.29 is 14.3 Å². The van der Waals surface area contributed by atoms with E-state index in [2.05, 4.69) is 5.32 Å². The van der Waals surface area contributed by atoms with Crippen LogP contribution in [0.2, 0.25) is 5.02 Å². The molecule has 0 aliphatic heterocycles. The second-order valence-corrected chi connectivity index (χ2v) is 6.04. The molecule has 5 nitrogen and oxygen atoms in total. The Balaban J connectivity index is 2.21. The lowest BCUT2D eigenvalue weighted by Crippen LogP contribution is -2.22. The van der Waals surface area contributed by atoms with Gasteiger partial charge in [-0.1, -0.05) is 11.6 Å². The number of amides is 1. The topological polar surface area (TPSA) is 73.6 Å². The summed E-state index contributed by atoms with van der Waals surface area (Å²) < 4.78 is 10.9. The molecule has 21 heavy (non-hydrogen) atoms. The van der Waals surface area contributed by atoms with Gasteiger partial charge in [-0.2, -0.15) is 0 Å². The van der Waals surface area contributed by atoms with E-state index in [1.54, 1.807) is 18.2 Å². The van der Waals surface area contributed by atoms with Crippen LogP contribution in [-0.2, 0) is 14.3 Å². The molecule has 118 valence electrons. The molecule has 0 saturated heterocycles. The third-order valence-corrected chi connectivity index (χ3v) is 2.76. The average molecular weight is 315 g/mol. The molecule has 1 aromatic carbocycles. The van der Waals surface area contributed by atoms with E-state index < -0.39 is 0 Å². The lowest BCUT2D eigenvalue weighted by molar-refractivity contribution is -0.117. The second-order valence-electron chi connectivity index (χ2n) is 5.60. The number of hydrogen-bond acceptors (Lipinski definition) is 4. The number of carbonyl (C=O) groups excluding carboxylic acids is 1. The molecular weight excluding hydrogens is 292 g/mol. The highest BCUT2D eigenvalue weighted by molar-refractivity contribution is 6.31. The Hall–Kier alpha value is -1.30. The van der Waals surface area contributed by atoms with Gasteiger partial charge in [0.2, 0.25) is 5.91 Å². The van der Waals surface area contributed by atoms with Crippen molar-refractivity contribution >= 4 is 28.9 Å². The number of ether oxygens (including phenoxy) is 2. The number of nitrogens with two attached hydrogens (primary N) is 1. The van der Waals surface area contributed by atoms with Crippen LogP contribution < -0.4 is 11.1 Å². The lowest BCUT2D eigenvalue weighted by Gasteiger charge is -2.19. The number of nitrogen functional groups attached to an aromatic ring is 1. The van der Waals surface area contributed by atoms with Gasteiger partial charge in [-0.05, 0) is 39.0 Å². The Morgan fingerprint density at radius 1 is 1.29 bits per heavy atom. The third kappa shape index (κ3) is 7.90. The summed E-state index contributed by atoms with van der Waals surface area (Å²) in [5.74, 6) is -0.166. The number of benzene rings is 1. The first-order chi connectivity index (χ1) is 9.78. The van der Waals surface area contributed by atoms with Crippen LogP contribution in [0.3, 0.4) is 0 Å². The van der Waals surface area contributed by atoms with Gasteiger partial charge in [0.1, 0.15) is 0 Å². The standard InChI is InChI=1S/C15H23ClN2O3/c1-15(2,3)21-9-8-20-7-6-14(19)18-13-10-11(16)4-5-12(13)17/h4-5,10H,6-9,17H2,1-3H3,(H,18,19). The largest absolute Gasteiger partial charge is 0.397 e. The van der Waals surface area contributed by atoms with Gasteiger partial charge < -0.3 is 20.5 Å². The summed E-state index contributed by atoms with van der Waals surface area (Å²) in [6.45, 7) is 7.25. The fourth-order valence-electron chi connectivity index (χ4n) is 1.52. The molecule has 1 rings (SSSR count). The Labute approximate surface area is 130 Å². The highest BCUT2D eigenvalue weighted by atomic mass is 35.5. The number of anilines is 2. The first-order valence-electron chi connectivity index (χ1n) is 6.84. The SMILES string of the molecule is CC(C)(C)OCCOCCC(=O)Nc1cc(Cl)ccc1N. The molecule has 0 aromatic heterocycles. The van der Waals surface area contributed by atoms with Crippen molar-refractivity contribution in [2.75, 3.05) is 30.9 Å². The van der Waals surface area contributed by atoms with Crippen molar-refractivity contribution in [2.45, 2.75) is 32.8 Å². The Kier molecular flexibility index (Phi) is 6.95. The summed E-state index contributed by atoms with van der Waals surface area (Å²) in [5, 5.41) is 3.23. The molecule has 3 N–H and O–H groups in total. The van der Waals surface area contributed by atoms with Crippen molar-refractivity contribution in [3.63, 3.8) is 0 Å². The van der Waals surface area contributed by atoms with Gasteiger partial charge >= 0.3 is 0 Å². The molecule has 0 aliphatic rings. The fraction of sp³-hybridized carbons (Fsp3) is 0.533. The van der Waals surface area contributed by atoms with Crippen molar-refractivity contribution in [3.8, 4) is 0 Å². The van der Waals surface area contributed by atoms with E-state index >= 15 is 0 Å². The Bertz CT molecular complexity index is 472. The van der Waals surface area contributed by atoms with Crippen LogP contribution >= 0.6 is 11.6 Å². The molecule has 0 aliphatic carbocycles. The molecule has 0 unspecified atom stereocenters. The van der Waals surface area contributed by atoms with Crippen LogP contribution in [0.5, 0.6) is 0 Å². The number of rotatable bonds is 7. The van der Waals surface area contributed by atoms with E-state index in [1.807, 2.05) is 20.8 Å². The normalized spacial score (nSPS) is 11.4. The first-order valence-corrected chi connectivity index (χ1v) is 7.22. The average Bonchev–Trinajstić information content (AvgIpc) is 2.37. The van der Waals surface area contributed by atoms with Crippen LogP contribution in [0.15, 0.2) is 18.2 Å². The molecule has 0 atom stereocenters. The van der Waals surface area contributed by atoms with E-state index in [-0.39, 0.29) is 17.9 Å². The van der Waals surface area contributed by atoms with Crippen LogP contribution in [0.4, 0.5) is 11.4 Å². The molecule has 0 heterocycles. The van der Waals surface area contributed by atoms with E-state index in [0.717, 1.165) is 0 Å². The number of halogens is 1. The highest BCUT2D eigenvalue weighted by Gasteiger charge is 2.09. The summed E-state index contributed by atoms with van der Waals surface area (Å²) in [6.07, 6.45) is 0.251. The predicted molar refractivity (Wildman–Crippen MR) is 85.6 cm³/mol. The quantitative estimate of drug-likeness (QED) is 0.599. The summed E-state index contributed by atoms with van der Waals surface area (Å²) in [6, 6.07) is 4.94. The fourth-order valence-corrected chi connectivity index (χ4v) is 1.70. The van der Waals surface area contributed by atoms with Gasteiger partial charge in [0.25, 0.3) is 0 Å². The van der Waals surface area contributed by atoms with E-state index in [9.17, 15) is 4.79 Å². The van der Waals surface area contributed by atoms with E-state index in [4.69, 9.17) is 26.8 Å².